The fourth-order valence-corrected chi connectivity index (χ4v) is 5.90. The summed E-state index contributed by atoms with van der Waals surface area (Å²) < 4.78 is 18.7. The Hall–Kier alpha value is -4.63. The summed E-state index contributed by atoms with van der Waals surface area (Å²) in [6.45, 7) is 0.913. The molecule has 39 heavy (non-hydrogen) atoms. The SMILES string of the molecule is COC(=O)[C@@H]1CC=CC(Oc2ccc3c(-c4c(O)[nH]c(O)c4-c4cn5c6c(cccc46)CCC5)c[nH]c3c2)O1. The van der Waals surface area contributed by atoms with Gasteiger partial charge < -0.3 is 34.0 Å². The monoisotopic (exact) mass is 525 g/mol. The molecule has 7 rings (SSSR count). The maximum absolute atomic E-state index is 11.9. The number of aryl methyl sites for hydroxylation is 2. The number of carbonyl (C=O) groups excluding carboxylic acids is 1. The number of aromatic amines is 2. The Balaban J connectivity index is 1.27. The summed E-state index contributed by atoms with van der Waals surface area (Å²) >= 11 is 0. The van der Waals surface area contributed by atoms with Crippen LogP contribution in [0.5, 0.6) is 17.5 Å². The fourth-order valence-electron chi connectivity index (χ4n) is 5.90. The first-order valence-corrected chi connectivity index (χ1v) is 12.9. The number of rotatable bonds is 5. The largest absolute Gasteiger partial charge is 0.494 e. The van der Waals surface area contributed by atoms with Gasteiger partial charge in [-0.05, 0) is 36.6 Å². The van der Waals surface area contributed by atoms with Crippen molar-refractivity contribution >= 4 is 27.8 Å². The summed E-state index contributed by atoms with van der Waals surface area (Å²) in [6, 6.07) is 11.8. The predicted octanol–water partition coefficient (Wildman–Crippen LogP) is 5.37. The van der Waals surface area contributed by atoms with Crippen molar-refractivity contribution in [2.75, 3.05) is 7.11 Å². The van der Waals surface area contributed by atoms with Gasteiger partial charge in [0.2, 0.25) is 6.29 Å². The minimum absolute atomic E-state index is 0.0816. The van der Waals surface area contributed by atoms with Crippen molar-refractivity contribution in [2.24, 2.45) is 0 Å². The lowest BCUT2D eigenvalue weighted by Crippen LogP contribution is -2.34. The first kappa shape index (κ1) is 23.5. The van der Waals surface area contributed by atoms with E-state index in [2.05, 4.69) is 32.9 Å². The summed E-state index contributed by atoms with van der Waals surface area (Å²) in [4.78, 5) is 17.9. The Morgan fingerprint density at radius 2 is 1.95 bits per heavy atom. The molecule has 2 aliphatic rings. The van der Waals surface area contributed by atoms with Gasteiger partial charge in [-0.3, -0.25) is 4.98 Å². The zero-order valence-corrected chi connectivity index (χ0v) is 21.2. The highest BCUT2D eigenvalue weighted by Gasteiger charge is 2.28. The highest BCUT2D eigenvalue weighted by molar-refractivity contribution is 6.08. The van der Waals surface area contributed by atoms with Crippen LogP contribution in [0.2, 0.25) is 0 Å². The van der Waals surface area contributed by atoms with Gasteiger partial charge >= 0.3 is 5.97 Å². The number of H-pyrrole nitrogens is 2. The van der Waals surface area contributed by atoms with Crippen molar-refractivity contribution in [1.29, 1.82) is 0 Å². The van der Waals surface area contributed by atoms with E-state index in [0.717, 1.165) is 46.8 Å². The number of aromatic hydroxyl groups is 2. The van der Waals surface area contributed by atoms with Gasteiger partial charge in [-0.25, -0.2) is 4.79 Å². The molecule has 0 saturated carbocycles. The number of benzene rings is 2. The van der Waals surface area contributed by atoms with Crippen LogP contribution in [-0.4, -0.2) is 50.2 Å². The third-order valence-electron chi connectivity index (χ3n) is 7.64. The third kappa shape index (κ3) is 3.77. The average molecular weight is 526 g/mol. The van der Waals surface area contributed by atoms with Gasteiger partial charge in [0, 0.05) is 58.8 Å². The van der Waals surface area contributed by atoms with Crippen molar-refractivity contribution in [3.63, 3.8) is 0 Å². The highest BCUT2D eigenvalue weighted by Crippen LogP contribution is 2.49. The lowest BCUT2D eigenvalue weighted by molar-refractivity contribution is -0.167. The molecule has 0 amide bonds. The molecule has 0 fully saturated rings. The number of carbonyl (C=O) groups is 1. The molecule has 9 heteroatoms. The van der Waals surface area contributed by atoms with Crippen molar-refractivity contribution in [3.05, 3.63) is 66.5 Å². The number of fused-ring (bicyclic) bond motifs is 1. The van der Waals surface area contributed by atoms with E-state index in [1.165, 1.54) is 18.2 Å². The third-order valence-corrected chi connectivity index (χ3v) is 7.64. The molecule has 5 aromatic rings. The Bertz CT molecular complexity index is 1770. The van der Waals surface area contributed by atoms with Gasteiger partial charge in [0.1, 0.15) is 5.75 Å². The maximum Gasteiger partial charge on any atom is 0.335 e. The second-order valence-electron chi connectivity index (χ2n) is 9.93. The lowest BCUT2D eigenvalue weighted by atomic mass is 9.96. The van der Waals surface area contributed by atoms with Crippen molar-refractivity contribution in [3.8, 4) is 39.8 Å². The molecule has 0 bridgehead atoms. The standard InChI is InChI=1S/C30H27N3O6/c1-37-30(36)23-8-3-9-24(39-23)38-17-10-11-18-20(14-31-22(18)13-17)25-26(29(35)32-28(25)34)21-15-33-12-4-6-16-5-2-7-19(21)27(16)33/h2-3,5,7,9-11,13-15,23-24,31-32,34-35H,4,6,8,12H2,1H3/t23-,24?/m0/s1. The fraction of sp³-hybridized carbons (Fsp3) is 0.233. The Labute approximate surface area is 223 Å². The van der Waals surface area contributed by atoms with Gasteiger partial charge in [-0.15, -0.1) is 0 Å². The average Bonchev–Trinajstić information content (AvgIpc) is 3.61. The van der Waals surface area contributed by atoms with Gasteiger partial charge in [-0.1, -0.05) is 24.3 Å². The second kappa shape index (κ2) is 8.99. The zero-order valence-electron chi connectivity index (χ0n) is 21.2. The van der Waals surface area contributed by atoms with Gasteiger partial charge in [0.25, 0.3) is 0 Å². The summed E-state index contributed by atoms with van der Waals surface area (Å²) in [5.41, 5.74) is 5.95. The summed E-state index contributed by atoms with van der Waals surface area (Å²) in [6.07, 6.45) is 8.57. The number of aromatic nitrogens is 3. The van der Waals surface area contributed by atoms with E-state index in [9.17, 15) is 15.0 Å². The number of nitrogens with one attached hydrogen (secondary N) is 2. The first-order valence-electron chi connectivity index (χ1n) is 12.9. The van der Waals surface area contributed by atoms with Gasteiger partial charge in [0.15, 0.2) is 17.9 Å². The van der Waals surface area contributed by atoms with Crippen LogP contribution in [-0.2, 0) is 27.2 Å². The van der Waals surface area contributed by atoms with Gasteiger partial charge in [-0.2, -0.15) is 0 Å². The molecule has 0 spiro atoms. The van der Waals surface area contributed by atoms with Crippen LogP contribution in [0.3, 0.4) is 0 Å². The second-order valence-corrected chi connectivity index (χ2v) is 9.93. The van der Waals surface area contributed by atoms with E-state index in [4.69, 9.17) is 14.2 Å². The van der Waals surface area contributed by atoms with Crippen LogP contribution in [0.4, 0.5) is 0 Å². The number of hydrogen-bond acceptors (Lipinski definition) is 6. The molecular weight excluding hydrogens is 498 g/mol. The van der Waals surface area contributed by atoms with Crippen molar-refractivity contribution in [2.45, 2.75) is 38.2 Å². The summed E-state index contributed by atoms with van der Waals surface area (Å²) in [5, 5.41) is 23.8. The zero-order chi connectivity index (χ0) is 26.7. The number of nitrogens with zero attached hydrogens (tertiary/aromatic N) is 1. The van der Waals surface area contributed by atoms with E-state index in [-0.39, 0.29) is 11.8 Å². The molecule has 198 valence electrons. The normalized spacial score (nSPS) is 18.6. The smallest absolute Gasteiger partial charge is 0.335 e. The number of hydrogen-bond donors (Lipinski definition) is 4. The Morgan fingerprint density at radius 1 is 1.10 bits per heavy atom. The molecular formula is C30H27N3O6. The molecule has 0 radical (unpaired) electrons. The van der Waals surface area contributed by atoms with Crippen molar-refractivity contribution in [1.82, 2.24) is 14.5 Å². The van der Waals surface area contributed by atoms with E-state index >= 15 is 0 Å². The highest BCUT2D eigenvalue weighted by atomic mass is 16.7. The molecule has 1 unspecified atom stereocenters. The van der Waals surface area contributed by atoms with Crippen molar-refractivity contribution < 1.29 is 29.2 Å². The molecule has 9 nitrogen and oxygen atoms in total. The van der Waals surface area contributed by atoms with Crippen LogP contribution >= 0.6 is 0 Å². The van der Waals surface area contributed by atoms with Gasteiger partial charge in [0.05, 0.1) is 23.8 Å². The van der Waals surface area contributed by atoms with Crippen LogP contribution in [0.15, 0.2) is 60.9 Å². The molecule has 4 N–H and O–H groups in total. The lowest BCUT2D eigenvalue weighted by Gasteiger charge is -2.24. The molecule has 0 saturated heterocycles. The molecule has 3 aromatic heterocycles. The Morgan fingerprint density at radius 3 is 2.79 bits per heavy atom. The number of ether oxygens (including phenoxy) is 3. The molecule has 5 heterocycles. The summed E-state index contributed by atoms with van der Waals surface area (Å²) in [5.74, 6) is -0.0812. The number of para-hydroxylation sites is 1. The van der Waals surface area contributed by atoms with E-state index in [1.807, 2.05) is 36.5 Å². The van der Waals surface area contributed by atoms with Crippen LogP contribution in [0.1, 0.15) is 18.4 Å². The topological polar surface area (TPSA) is 122 Å². The number of methoxy groups -OCH3 is 1. The Kier molecular flexibility index (Phi) is 5.41. The van der Waals surface area contributed by atoms with Crippen LogP contribution in [0, 0.1) is 0 Å². The van der Waals surface area contributed by atoms with E-state index in [0.29, 0.717) is 23.3 Å². The molecule has 2 atom stereocenters. The minimum atomic E-state index is -0.725. The maximum atomic E-state index is 11.9. The quantitative estimate of drug-likeness (QED) is 0.181. The summed E-state index contributed by atoms with van der Waals surface area (Å²) in [7, 11) is 1.33. The van der Waals surface area contributed by atoms with Crippen LogP contribution < -0.4 is 4.74 Å². The molecule has 0 aliphatic carbocycles. The number of esters is 1. The van der Waals surface area contributed by atoms with Crippen LogP contribution in [0.25, 0.3) is 44.1 Å². The first-order chi connectivity index (χ1) is 19.0. The predicted molar refractivity (Wildman–Crippen MR) is 146 cm³/mol. The van der Waals surface area contributed by atoms with E-state index < -0.39 is 18.4 Å². The minimum Gasteiger partial charge on any atom is -0.494 e. The molecule has 2 aliphatic heterocycles. The van der Waals surface area contributed by atoms with E-state index in [1.54, 1.807) is 6.08 Å². The molecule has 2 aromatic carbocycles.